The van der Waals surface area contributed by atoms with Crippen molar-refractivity contribution in [1.82, 2.24) is 9.88 Å². The van der Waals surface area contributed by atoms with Crippen molar-refractivity contribution < 1.29 is 9.59 Å². The summed E-state index contributed by atoms with van der Waals surface area (Å²) >= 11 is 2.86. The predicted molar refractivity (Wildman–Crippen MR) is 103 cm³/mol. The first kappa shape index (κ1) is 17.8. The molecule has 6 nitrogen and oxygen atoms in total. The maximum absolute atomic E-state index is 13.1. The van der Waals surface area contributed by atoms with Crippen molar-refractivity contribution in [3.05, 3.63) is 35.5 Å². The maximum atomic E-state index is 13.1. The summed E-state index contributed by atoms with van der Waals surface area (Å²) in [4.78, 5) is 33.5. The lowest BCUT2D eigenvalue weighted by molar-refractivity contribution is -0.119. The smallest absolute Gasteiger partial charge is 0.275 e. The summed E-state index contributed by atoms with van der Waals surface area (Å²) in [5.74, 6) is -0.0336. The van der Waals surface area contributed by atoms with Crippen LogP contribution in [0.25, 0.3) is 10.4 Å². The molecule has 8 heteroatoms. The number of hydrogen-bond donors (Lipinski definition) is 1. The number of thiazole rings is 1. The maximum Gasteiger partial charge on any atom is 0.275 e. The van der Waals surface area contributed by atoms with Gasteiger partial charge in [-0.1, -0.05) is 41.2 Å². The number of carbonyl (C=O) groups excluding carboxylic acids is 2. The molecule has 2 amide bonds. The van der Waals surface area contributed by atoms with Crippen LogP contribution >= 0.6 is 23.1 Å². The van der Waals surface area contributed by atoms with Gasteiger partial charge in [0.1, 0.15) is 5.69 Å². The molecule has 1 fully saturated rings. The molecule has 0 spiro atoms. The molecular formula is C17H20N4O2S2. The van der Waals surface area contributed by atoms with Crippen molar-refractivity contribution in [3.8, 4) is 10.4 Å². The molecule has 1 saturated heterocycles. The largest absolute Gasteiger partial charge is 0.367 e. The van der Waals surface area contributed by atoms with E-state index in [0.29, 0.717) is 18.0 Å². The fraction of sp³-hybridized carbons (Fsp3) is 0.353. The highest BCUT2D eigenvalue weighted by molar-refractivity contribution is 8.00. The van der Waals surface area contributed by atoms with Gasteiger partial charge in [0.15, 0.2) is 10.5 Å². The number of hydrogen-bond acceptors (Lipinski definition) is 6. The molecule has 2 aromatic rings. The van der Waals surface area contributed by atoms with E-state index >= 15 is 0 Å². The minimum atomic E-state index is -0.622. The van der Waals surface area contributed by atoms with E-state index in [2.05, 4.69) is 4.98 Å². The number of carbonyl (C=O) groups is 2. The Hall–Kier alpha value is -2.06. The van der Waals surface area contributed by atoms with Crippen LogP contribution in [-0.4, -0.2) is 53.5 Å². The van der Waals surface area contributed by atoms with Crippen LogP contribution < -0.4 is 10.6 Å². The number of amides is 2. The zero-order valence-corrected chi connectivity index (χ0v) is 16.0. The summed E-state index contributed by atoms with van der Waals surface area (Å²) < 4.78 is 0. The molecule has 132 valence electrons. The van der Waals surface area contributed by atoms with Gasteiger partial charge in [-0.15, -0.1) is 11.8 Å². The minimum Gasteiger partial charge on any atom is -0.367 e. The Morgan fingerprint density at radius 1 is 1.28 bits per heavy atom. The van der Waals surface area contributed by atoms with Crippen molar-refractivity contribution >= 4 is 40.0 Å². The predicted octanol–water partition coefficient (Wildman–Crippen LogP) is 2.18. The van der Waals surface area contributed by atoms with Crippen LogP contribution in [0.1, 0.15) is 16.1 Å². The van der Waals surface area contributed by atoms with Crippen LogP contribution in [0.5, 0.6) is 0 Å². The monoisotopic (exact) mass is 376 g/mol. The molecule has 3 rings (SSSR count). The first-order valence-electron chi connectivity index (χ1n) is 7.85. The molecule has 0 saturated carbocycles. The van der Waals surface area contributed by atoms with E-state index in [1.807, 2.05) is 50.2 Å². The molecule has 25 heavy (non-hydrogen) atoms. The number of nitrogens with zero attached hydrogens (tertiary/aromatic N) is 3. The fourth-order valence-electron chi connectivity index (χ4n) is 2.60. The molecule has 1 aliphatic rings. The van der Waals surface area contributed by atoms with E-state index < -0.39 is 11.3 Å². The summed E-state index contributed by atoms with van der Waals surface area (Å²) in [7, 11) is 3.79. The summed E-state index contributed by atoms with van der Waals surface area (Å²) in [6.07, 6.45) is 0. The number of aryl methyl sites for hydroxylation is 1. The third kappa shape index (κ3) is 3.50. The van der Waals surface area contributed by atoms with E-state index in [0.717, 1.165) is 21.1 Å². The summed E-state index contributed by atoms with van der Waals surface area (Å²) in [5, 5.41) is 0.129. The second kappa shape index (κ2) is 7.05. The second-order valence-electron chi connectivity index (χ2n) is 6.06. The lowest BCUT2D eigenvalue weighted by atomic mass is 10.1. The number of nitrogens with two attached hydrogens (primary N) is 1. The Morgan fingerprint density at radius 3 is 2.56 bits per heavy atom. The Bertz CT molecular complexity index is 801. The average Bonchev–Trinajstić information content (AvgIpc) is 3.22. The van der Waals surface area contributed by atoms with Gasteiger partial charge in [-0.3, -0.25) is 9.59 Å². The molecule has 0 aliphatic carbocycles. The van der Waals surface area contributed by atoms with Gasteiger partial charge in [-0.05, 0) is 12.5 Å². The van der Waals surface area contributed by atoms with Gasteiger partial charge < -0.3 is 15.5 Å². The number of aromatic nitrogens is 1. The molecule has 2 heterocycles. The van der Waals surface area contributed by atoms with Crippen LogP contribution in [0.15, 0.2) is 24.3 Å². The molecule has 1 unspecified atom stereocenters. The van der Waals surface area contributed by atoms with Crippen LogP contribution in [-0.2, 0) is 4.79 Å². The van der Waals surface area contributed by atoms with E-state index in [4.69, 9.17) is 5.73 Å². The Balaban J connectivity index is 2.03. The average molecular weight is 377 g/mol. The molecule has 1 aliphatic heterocycles. The first-order chi connectivity index (χ1) is 11.9. The standard InChI is InChI=1S/C17H20N4O2S2/c1-10-4-6-11(7-5-10)13-12(19-17(25-13)20(2)3)15(23)21-8-9-24-16(21)14(18)22/h4-7,16H,8-9H2,1-3H3,(H2,18,22). The summed E-state index contributed by atoms with van der Waals surface area (Å²) in [5.41, 5.74) is 7.92. The lowest BCUT2D eigenvalue weighted by Crippen LogP contribution is -2.42. The van der Waals surface area contributed by atoms with Crippen molar-refractivity contribution in [2.75, 3.05) is 31.3 Å². The van der Waals surface area contributed by atoms with Crippen LogP contribution in [0.3, 0.4) is 0 Å². The highest BCUT2D eigenvalue weighted by atomic mass is 32.2. The Labute approximate surface area is 155 Å². The van der Waals surface area contributed by atoms with Crippen LogP contribution in [0.4, 0.5) is 5.13 Å². The third-order valence-electron chi connectivity index (χ3n) is 3.91. The highest BCUT2D eigenvalue weighted by Gasteiger charge is 2.36. The molecule has 1 aromatic heterocycles. The minimum absolute atomic E-state index is 0.242. The Morgan fingerprint density at radius 2 is 1.96 bits per heavy atom. The molecule has 1 atom stereocenters. The second-order valence-corrected chi connectivity index (χ2v) is 8.22. The molecular weight excluding hydrogens is 356 g/mol. The SMILES string of the molecule is Cc1ccc(-c2sc(N(C)C)nc2C(=O)N2CCSC2C(N)=O)cc1. The zero-order valence-electron chi connectivity index (χ0n) is 14.4. The summed E-state index contributed by atoms with van der Waals surface area (Å²) in [6, 6.07) is 8.00. The van der Waals surface area contributed by atoms with Gasteiger partial charge in [0, 0.05) is 26.4 Å². The molecule has 0 bridgehead atoms. The van der Waals surface area contributed by atoms with E-state index in [-0.39, 0.29) is 5.91 Å². The number of thioether (sulfide) groups is 1. The highest BCUT2D eigenvalue weighted by Crippen LogP contribution is 2.36. The quantitative estimate of drug-likeness (QED) is 0.885. The van der Waals surface area contributed by atoms with Gasteiger partial charge in [-0.2, -0.15) is 0 Å². The van der Waals surface area contributed by atoms with E-state index in [1.165, 1.54) is 28.0 Å². The number of anilines is 1. The molecule has 1 aromatic carbocycles. The summed E-state index contributed by atoms with van der Waals surface area (Å²) in [6.45, 7) is 2.52. The zero-order chi connectivity index (χ0) is 18.1. The van der Waals surface area contributed by atoms with Gasteiger partial charge in [0.25, 0.3) is 11.8 Å². The van der Waals surface area contributed by atoms with Gasteiger partial charge in [-0.25, -0.2) is 4.98 Å². The number of primary amides is 1. The van der Waals surface area contributed by atoms with Gasteiger partial charge in [0.2, 0.25) is 0 Å². The van der Waals surface area contributed by atoms with Gasteiger partial charge in [0.05, 0.1) is 4.88 Å². The van der Waals surface area contributed by atoms with Crippen molar-refractivity contribution in [1.29, 1.82) is 0 Å². The number of benzene rings is 1. The van der Waals surface area contributed by atoms with Crippen molar-refractivity contribution in [3.63, 3.8) is 0 Å². The third-order valence-corrected chi connectivity index (χ3v) is 6.40. The topological polar surface area (TPSA) is 79.5 Å². The van der Waals surface area contributed by atoms with Crippen LogP contribution in [0.2, 0.25) is 0 Å². The molecule has 0 radical (unpaired) electrons. The van der Waals surface area contributed by atoms with Gasteiger partial charge >= 0.3 is 0 Å². The van der Waals surface area contributed by atoms with Crippen molar-refractivity contribution in [2.45, 2.75) is 12.3 Å². The lowest BCUT2D eigenvalue weighted by Gasteiger charge is -2.20. The molecule has 2 N–H and O–H groups in total. The first-order valence-corrected chi connectivity index (χ1v) is 9.72. The van der Waals surface area contributed by atoms with Crippen molar-refractivity contribution in [2.24, 2.45) is 5.73 Å². The van der Waals surface area contributed by atoms with E-state index in [1.54, 1.807) is 0 Å². The van der Waals surface area contributed by atoms with Crippen LogP contribution in [0, 0.1) is 6.92 Å². The number of rotatable bonds is 4. The fourth-order valence-corrected chi connectivity index (χ4v) is 4.65. The van der Waals surface area contributed by atoms with E-state index in [9.17, 15) is 9.59 Å². The normalized spacial score (nSPS) is 16.9. The Kier molecular flexibility index (Phi) is 5.01.